The van der Waals surface area contributed by atoms with Gasteiger partial charge in [0.1, 0.15) is 5.58 Å². The molecule has 0 amide bonds. The van der Waals surface area contributed by atoms with Gasteiger partial charge in [-0.3, -0.25) is 4.79 Å². The number of fused-ring (bicyclic) bond motifs is 1. The van der Waals surface area contributed by atoms with E-state index < -0.39 is 0 Å². The molecule has 0 saturated carbocycles. The molecular weight excluding hydrogens is 355 g/mol. The van der Waals surface area contributed by atoms with Gasteiger partial charge in [-0.05, 0) is 47.6 Å². The summed E-state index contributed by atoms with van der Waals surface area (Å²) in [4.78, 5) is 12.6. The zero-order valence-corrected chi connectivity index (χ0v) is 13.3. The van der Waals surface area contributed by atoms with Gasteiger partial charge < -0.3 is 9.15 Å². The number of ether oxygens (including phenoxy) is 1. The fourth-order valence-corrected chi connectivity index (χ4v) is 2.71. The molecule has 1 aromatic heterocycles. The van der Waals surface area contributed by atoms with Gasteiger partial charge in [0.25, 0.3) is 5.95 Å². The van der Waals surface area contributed by atoms with Crippen LogP contribution in [0.5, 0.6) is 5.95 Å². The van der Waals surface area contributed by atoms with E-state index in [1.54, 1.807) is 0 Å². The number of rotatable bonds is 5. The topological polar surface area (TPSA) is 39.4 Å². The molecule has 0 aliphatic carbocycles. The molecule has 1 aromatic carbocycles. The molecule has 2 rings (SSSR count). The molecule has 0 unspecified atom stereocenters. The monoisotopic (exact) mass is 372 g/mol. The Balaban J connectivity index is 2.67. The van der Waals surface area contributed by atoms with Crippen LogP contribution in [0.3, 0.4) is 0 Å². The standard InChI is InChI=1S/C15H17IO3/c1-3-6-10-14(17)13-11(16)7-5-8-12(13)19-15(10)18-9-4-2/h5,7-8H,3-4,6,9H2,1-2H3. The average Bonchev–Trinajstić information content (AvgIpc) is 2.40. The van der Waals surface area contributed by atoms with Crippen molar-refractivity contribution in [1.82, 2.24) is 0 Å². The second-order valence-electron chi connectivity index (χ2n) is 4.41. The lowest BCUT2D eigenvalue weighted by Crippen LogP contribution is -2.13. The van der Waals surface area contributed by atoms with Crippen molar-refractivity contribution in [1.29, 1.82) is 0 Å². The first-order valence-electron chi connectivity index (χ1n) is 6.56. The number of halogens is 1. The molecule has 0 atom stereocenters. The highest BCUT2D eigenvalue weighted by atomic mass is 127. The highest BCUT2D eigenvalue weighted by Gasteiger charge is 2.16. The third-order valence-electron chi connectivity index (χ3n) is 2.86. The van der Waals surface area contributed by atoms with Crippen molar-refractivity contribution in [3.8, 4) is 5.95 Å². The molecule has 0 saturated heterocycles. The Morgan fingerprint density at radius 2 is 2.05 bits per heavy atom. The van der Waals surface area contributed by atoms with Crippen LogP contribution in [0.2, 0.25) is 0 Å². The molecular formula is C15H17IO3. The van der Waals surface area contributed by atoms with E-state index in [0.29, 0.717) is 35.5 Å². The molecule has 0 spiro atoms. The molecule has 0 N–H and O–H groups in total. The largest absolute Gasteiger partial charge is 0.465 e. The summed E-state index contributed by atoms with van der Waals surface area (Å²) in [6.07, 6.45) is 2.46. The summed E-state index contributed by atoms with van der Waals surface area (Å²) in [7, 11) is 0. The van der Waals surface area contributed by atoms with Gasteiger partial charge in [0.2, 0.25) is 5.43 Å². The normalized spacial score (nSPS) is 10.9. The SMILES string of the molecule is CCCOc1oc2cccc(I)c2c(=O)c1CCC. The molecule has 0 radical (unpaired) electrons. The van der Waals surface area contributed by atoms with E-state index in [2.05, 4.69) is 22.6 Å². The molecule has 0 bridgehead atoms. The molecule has 0 aliphatic rings. The predicted molar refractivity (Wildman–Crippen MR) is 85.0 cm³/mol. The first kappa shape index (κ1) is 14.4. The molecule has 1 heterocycles. The maximum absolute atomic E-state index is 12.6. The van der Waals surface area contributed by atoms with E-state index in [9.17, 15) is 4.79 Å². The highest BCUT2D eigenvalue weighted by Crippen LogP contribution is 2.26. The van der Waals surface area contributed by atoms with E-state index in [0.717, 1.165) is 16.4 Å². The third kappa shape index (κ3) is 2.94. The molecule has 19 heavy (non-hydrogen) atoms. The average molecular weight is 372 g/mol. The minimum absolute atomic E-state index is 0.0409. The van der Waals surface area contributed by atoms with Crippen molar-refractivity contribution in [2.75, 3.05) is 6.61 Å². The second-order valence-corrected chi connectivity index (χ2v) is 5.57. The van der Waals surface area contributed by atoms with Crippen molar-refractivity contribution in [2.45, 2.75) is 33.1 Å². The van der Waals surface area contributed by atoms with Crippen LogP contribution < -0.4 is 10.2 Å². The maximum atomic E-state index is 12.6. The molecule has 0 aliphatic heterocycles. The van der Waals surface area contributed by atoms with E-state index in [1.165, 1.54) is 0 Å². The second kappa shape index (κ2) is 6.41. The number of hydrogen-bond donors (Lipinski definition) is 0. The Hall–Kier alpha value is -1.04. The predicted octanol–water partition coefficient (Wildman–Crippen LogP) is 4.14. The van der Waals surface area contributed by atoms with Gasteiger partial charge in [-0.2, -0.15) is 0 Å². The van der Waals surface area contributed by atoms with Crippen LogP contribution in [-0.4, -0.2) is 6.61 Å². The minimum atomic E-state index is 0.0409. The molecule has 2 aromatic rings. The fraction of sp³-hybridized carbons (Fsp3) is 0.400. The zero-order chi connectivity index (χ0) is 13.8. The smallest absolute Gasteiger partial charge is 0.292 e. The van der Waals surface area contributed by atoms with Crippen LogP contribution in [0.1, 0.15) is 32.3 Å². The van der Waals surface area contributed by atoms with Gasteiger partial charge >= 0.3 is 0 Å². The van der Waals surface area contributed by atoms with Gasteiger partial charge in [-0.25, -0.2) is 0 Å². The summed E-state index contributed by atoms with van der Waals surface area (Å²) in [5.41, 5.74) is 1.30. The van der Waals surface area contributed by atoms with Crippen LogP contribution in [-0.2, 0) is 6.42 Å². The van der Waals surface area contributed by atoms with Crippen molar-refractivity contribution in [3.63, 3.8) is 0 Å². The van der Waals surface area contributed by atoms with E-state index in [1.807, 2.05) is 32.0 Å². The number of hydrogen-bond acceptors (Lipinski definition) is 3. The van der Waals surface area contributed by atoms with Gasteiger partial charge in [-0.15, -0.1) is 0 Å². The van der Waals surface area contributed by atoms with Gasteiger partial charge in [0.15, 0.2) is 0 Å². The lowest BCUT2D eigenvalue weighted by molar-refractivity contribution is 0.241. The Morgan fingerprint density at radius 3 is 2.74 bits per heavy atom. The Labute approximate surface area is 126 Å². The fourth-order valence-electron chi connectivity index (χ4n) is 1.99. The first-order chi connectivity index (χ1) is 9.19. The molecule has 4 heteroatoms. The summed E-state index contributed by atoms with van der Waals surface area (Å²) in [6, 6.07) is 5.62. The van der Waals surface area contributed by atoms with Gasteiger partial charge in [0.05, 0.1) is 17.6 Å². The lowest BCUT2D eigenvalue weighted by atomic mass is 10.1. The third-order valence-corrected chi connectivity index (χ3v) is 3.76. The van der Waals surface area contributed by atoms with Crippen molar-refractivity contribution < 1.29 is 9.15 Å². The first-order valence-corrected chi connectivity index (χ1v) is 7.63. The van der Waals surface area contributed by atoms with E-state index in [-0.39, 0.29) is 5.43 Å². The molecule has 3 nitrogen and oxygen atoms in total. The summed E-state index contributed by atoms with van der Waals surface area (Å²) < 4.78 is 12.3. The van der Waals surface area contributed by atoms with E-state index in [4.69, 9.17) is 9.15 Å². The van der Waals surface area contributed by atoms with E-state index >= 15 is 0 Å². The molecule has 0 fully saturated rings. The van der Waals surface area contributed by atoms with Gasteiger partial charge in [-0.1, -0.05) is 26.3 Å². The van der Waals surface area contributed by atoms with Crippen LogP contribution in [0, 0.1) is 3.57 Å². The summed E-state index contributed by atoms with van der Waals surface area (Å²) in [5, 5.41) is 0.662. The Bertz CT molecular complexity index is 631. The zero-order valence-electron chi connectivity index (χ0n) is 11.2. The van der Waals surface area contributed by atoms with Crippen molar-refractivity contribution >= 4 is 33.6 Å². The number of benzene rings is 1. The molecule has 102 valence electrons. The van der Waals surface area contributed by atoms with Crippen molar-refractivity contribution in [3.05, 3.63) is 37.6 Å². The van der Waals surface area contributed by atoms with Crippen LogP contribution in [0.15, 0.2) is 27.4 Å². The van der Waals surface area contributed by atoms with Crippen LogP contribution in [0.4, 0.5) is 0 Å². The highest BCUT2D eigenvalue weighted by molar-refractivity contribution is 14.1. The quantitative estimate of drug-likeness (QED) is 0.741. The van der Waals surface area contributed by atoms with Gasteiger partial charge in [0, 0.05) is 3.57 Å². The van der Waals surface area contributed by atoms with Crippen LogP contribution >= 0.6 is 22.6 Å². The minimum Gasteiger partial charge on any atom is -0.465 e. The Kier molecular flexibility index (Phi) is 4.85. The van der Waals surface area contributed by atoms with Crippen LogP contribution in [0.25, 0.3) is 11.0 Å². The lowest BCUT2D eigenvalue weighted by Gasteiger charge is -2.10. The Morgan fingerprint density at radius 1 is 1.26 bits per heavy atom. The summed E-state index contributed by atoms with van der Waals surface area (Å²) in [6.45, 7) is 4.64. The summed E-state index contributed by atoms with van der Waals surface area (Å²) in [5.74, 6) is 0.392. The maximum Gasteiger partial charge on any atom is 0.292 e. The van der Waals surface area contributed by atoms with Crippen molar-refractivity contribution in [2.24, 2.45) is 0 Å². The summed E-state index contributed by atoms with van der Waals surface area (Å²) >= 11 is 2.17.